The predicted molar refractivity (Wildman–Crippen MR) is 90.9 cm³/mol. The minimum absolute atomic E-state index is 0.281. The Morgan fingerprint density at radius 2 is 2.10 bits per heavy atom. The summed E-state index contributed by atoms with van der Waals surface area (Å²) in [4.78, 5) is 5.07. The zero-order chi connectivity index (χ0) is 15.4. The van der Waals surface area contributed by atoms with Gasteiger partial charge in [-0.05, 0) is 43.6 Å². The van der Waals surface area contributed by atoms with E-state index in [-0.39, 0.29) is 6.04 Å². The van der Waals surface area contributed by atoms with Gasteiger partial charge in [0.15, 0.2) is 0 Å². The SMILES string of the molecule is CCN(CC)C1CCN(C(CN)c2ccc(C)c(Cl)c2)C1. The van der Waals surface area contributed by atoms with E-state index in [0.717, 1.165) is 36.8 Å². The first-order valence-electron chi connectivity index (χ1n) is 8.04. The van der Waals surface area contributed by atoms with E-state index in [1.165, 1.54) is 12.0 Å². The van der Waals surface area contributed by atoms with Gasteiger partial charge in [-0.25, -0.2) is 0 Å². The van der Waals surface area contributed by atoms with Crippen molar-refractivity contribution in [1.29, 1.82) is 0 Å². The van der Waals surface area contributed by atoms with E-state index in [9.17, 15) is 0 Å². The highest BCUT2D eigenvalue weighted by atomic mass is 35.5. The molecule has 1 aromatic carbocycles. The van der Waals surface area contributed by atoms with Crippen LogP contribution in [0.25, 0.3) is 0 Å². The number of likely N-dealkylation sites (tertiary alicyclic amines) is 1. The number of hydrogen-bond acceptors (Lipinski definition) is 3. The van der Waals surface area contributed by atoms with Crippen molar-refractivity contribution in [2.24, 2.45) is 5.73 Å². The number of likely N-dealkylation sites (N-methyl/N-ethyl adjacent to an activating group) is 1. The highest BCUT2D eigenvalue weighted by Gasteiger charge is 2.30. The highest BCUT2D eigenvalue weighted by molar-refractivity contribution is 6.31. The van der Waals surface area contributed by atoms with Gasteiger partial charge < -0.3 is 5.73 Å². The van der Waals surface area contributed by atoms with Gasteiger partial charge in [0.1, 0.15) is 0 Å². The van der Waals surface area contributed by atoms with Crippen LogP contribution < -0.4 is 5.73 Å². The molecule has 1 aliphatic heterocycles. The van der Waals surface area contributed by atoms with Crippen LogP contribution in [-0.4, -0.2) is 48.6 Å². The van der Waals surface area contributed by atoms with E-state index >= 15 is 0 Å². The summed E-state index contributed by atoms with van der Waals surface area (Å²) in [6.45, 7) is 11.6. The van der Waals surface area contributed by atoms with Gasteiger partial charge in [0.25, 0.3) is 0 Å². The van der Waals surface area contributed by atoms with Crippen LogP contribution in [0.1, 0.15) is 37.4 Å². The summed E-state index contributed by atoms with van der Waals surface area (Å²) < 4.78 is 0. The fourth-order valence-electron chi connectivity index (χ4n) is 3.40. The van der Waals surface area contributed by atoms with E-state index in [2.05, 4.69) is 41.8 Å². The van der Waals surface area contributed by atoms with E-state index in [4.69, 9.17) is 17.3 Å². The maximum Gasteiger partial charge on any atom is 0.0471 e. The molecule has 1 heterocycles. The second kappa shape index (κ2) is 7.59. The summed E-state index contributed by atoms with van der Waals surface area (Å²) in [5, 5.41) is 0.838. The quantitative estimate of drug-likeness (QED) is 0.876. The first-order chi connectivity index (χ1) is 10.1. The summed E-state index contributed by atoms with van der Waals surface area (Å²) in [6.07, 6.45) is 1.23. The second-order valence-electron chi connectivity index (χ2n) is 5.92. The molecule has 0 saturated carbocycles. The summed E-state index contributed by atoms with van der Waals surface area (Å²) in [5.41, 5.74) is 8.43. The topological polar surface area (TPSA) is 32.5 Å². The van der Waals surface area contributed by atoms with E-state index in [1.54, 1.807) is 0 Å². The molecule has 0 bridgehead atoms. The maximum absolute atomic E-state index is 6.28. The van der Waals surface area contributed by atoms with Gasteiger partial charge in [0, 0.05) is 36.7 Å². The lowest BCUT2D eigenvalue weighted by Gasteiger charge is -2.30. The average molecular weight is 310 g/mol. The second-order valence-corrected chi connectivity index (χ2v) is 6.33. The van der Waals surface area contributed by atoms with Crippen LogP contribution >= 0.6 is 11.6 Å². The molecule has 0 spiro atoms. The normalized spacial score (nSPS) is 21.1. The Hall–Kier alpha value is -0.610. The van der Waals surface area contributed by atoms with Crippen LogP contribution in [-0.2, 0) is 0 Å². The first kappa shape index (κ1) is 16.8. The van der Waals surface area contributed by atoms with Crippen molar-refractivity contribution in [1.82, 2.24) is 9.80 Å². The number of halogens is 1. The van der Waals surface area contributed by atoms with Gasteiger partial charge in [-0.1, -0.05) is 37.6 Å². The molecule has 1 aromatic rings. The van der Waals surface area contributed by atoms with Gasteiger partial charge in [0.05, 0.1) is 0 Å². The van der Waals surface area contributed by atoms with Gasteiger partial charge >= 0.3 is 0 Å². The molecular formula is C17H28ClN3. The number of nitrogens with zero attached hydrogens (tertiary/aromatic N) is 2. The van der Waals surface area contributed by atoms with Crippen LogP contribution in [0.3, 0.4) is 0 Å². The molecule has 1 saturated heterocycles. The zero-order valence-corrected chi connectivity index (χ0v) is 14.2. The third-order valence-corrected chi connectivity index (χ3v) is 5.18. The molecule has 1 fully saturated rings. The fraction of sp³-hybridized carbons (Fsp3) is 0.647. The van der Waals surface area contributed by atoms with Crippen molar-refractivity contribution in [3.8, 4) is 0 Å². The molecule has 1 aliphatic rings. The molecule has 2 atom stereocenters. The molecule has 4 heteroatoms. The number of benzene rings is 1. The number of nitrogens with two attached hydrogens (primary N) is 1. The summed E-state index contributed by atoms with van der Waals surface area (Å²) in [5.74, 6) is 0. The van der Waals surface area contributed by atoms with Crippen LogP contribution in [0.2, 0.25) is 5.02 Å². The molecule has 0 amide bonds. The lowest BCUT2D eigenvalue weighted by Crippen LogP contribution is -2.39. The molecule has 2 unspecified atom stereocenters. The van der Waals surface area contributed by atoms with E-state index in [0.29, 0.717) is 12.6 Å². The Morgan fingerprint density at radius 3 is 2.67 bits per heavy atom. The lowest BCUT2D eigenvalue weighted by molar-refractivity contribution is 0.190. The summed E-state index contributed by atoms with van der Waals surface area (Å²) in [6, 6.07) is 7.29. The third-order valence-electron chi connectivity index (χ3n) is 4.77. The maximum atomic E-state index is 6.28. The van der Waals surface area contributed by atoms with Crippen LogP contribution in [0, 0.1) is 6.92 Å². The summed E-state index contributed by atoms with van der Waals surface area (Å²) >= 11 is 6.28. The average Bonchev–Trinajstić information content (AvgIpc) is 2.94. The molecule has 118 valence electrons. The molecular weight excluding hydrogens is 282 g/mol. The van der Waals surface area contributed by atoms with Gasteiger partial charge in [-0.2, -0.15) is 0 Å². The van der Waals surface area contributed by atoms with Crippen LogP contribution in [0.4, 0.5) is 0 Å². The first-order valence-corrected chi connectivity index (χ1v) is 8.42. The predicted octanol–water partition coefficient (Wildman–Crippen LogP) is 3.06. The highest BCUT2D eigenvalue weighted by Crippen LogP contribution is 2.29. The number of aryl methyl sites for hydroxylation is 1. The summed E-state index contributed by atoms with van der Waals surface area (Å²) in [7, 11) is 0. The van der Waals surface area contributed by atoms with Crippen LogP contribution in [0.5, 0.6) is 0 Å². The zero-order valence-electron chi connectivity index (χ0n) is 13.5. The Bertz CT molecular complexity index is 459. The monoisotopic (exact) mass is 309 g/mol. The fourth-order valence-corrected chi connectivity index (χ4v) is 3.59. The van der Waals surface area contributed by atoms with Gasteiger partial charge in [-0.3, -0.25) is 9.80 Å². The Morgan fingerprint density at radius 1 is 1.38 bits per heavy atom. The minimum atomic E-state index is 0.281. The van der Waals surface area contributed by atoms with Crippen molar-refractivity contribution >= 4 is 11.6 Å². The van der Waals surface area contributed by atoms with Crippen molar-refractivity contribution in [3.63, 3.8) is 0 Å². The van der Waals surface area contributed by atoms with Crippen molar-refractivity contribution in [3.05, 3.63) is 34.3 Å². The standard InChI is InChI=1S/C17H28ClN3/c1-4-20(5-2)15-8-9-21(12-15)17(11-19)14-7-6-13(3)16(18)10-14/h6-7,10,15,17H,4-5,8-9,11-12,19H2,1-3H3. The third kappa shape index (κ3) is 3.78. The minimum Gasteiger partial charge on any atom is -0.329 e. The van der Waals surface area contributed by atoms with Crippen molar-refractivity contribution in [2.75, 3.05) is 32.7 Å². The van der Waals surface area contributed by atoms with Crippen molar-refractivity contribution < 1.29 is 0 Å². The lowest BCUT2D eigenvalue weighted by atomic mass is 10.0. The molecule has 2 N–H and O–H groups in total. The number of hydrogen-bond donors (Lipinski definition) is 1. The Kier molecular flexibility index (Phi) is 6.06. The van der Waals surface area contributed by atoms with Gasteiger partial charge in [0.2, 0.25) is 0 Å². The number of rotatable bonds is 6. The largest absolute Gasteiger partial charge is 0.329 e. The van der Waals surface area contributed by atoms with Gasteiger partial charge in [-0.15, -0.1) is 0 Å². The van der Waals surface area contributed by atoms with E-state index in [1.807, 2.05) is 6.92 Å². The van der Waals surface area contributed by atoms with Crippen LogP contribution in [0.15, 0.2) is 18.2 Å². The Balaban J connectivity index is 2.10. The molecule has 0 aliphatic carbocycles. The Labute approximate surface area is 134 Å². The van der Waals surface area contributed by atoms with E-state index < -0.39 is 0 Å². The molecule has 0 radical (unpaired) electrons. The molecule has 21 heavy (non-hydrogen) atoms. The molecule has 2 rings (SSSR count). The molecule has 0 aromatic heterocycles. The smallest absolute Gasteiger partial charge is 0.0471 e. The van der Waals surface area contributed by atoms with Crippen molar-refractivity contribution in [2.45, 2.75) is 39.3 Å². The molecule has 3 nitrogen and oxygen atoms in total.